The highest BCUT2D eigenvalue weighted by Crippen LogP contribution is 2.48. The van der Waals surface area contributed by atoms with E-state index in [0.717, 1.165) is 59.7 Å². The molecule has 0 saturated carbocycles. The maximum Gasteiger partial charge on any atom is 0.161 e. The largest absolute Gasteiger partial charge is 0.493 e. The quantitative estimate of drug-likeness (QED) is 0.183. The van der Waals surface area contributed by atoms with Gasteiger partial charge in [-0.25, -0.2) is 0 Å². The highest BCUT2D eigenvalue weighted by atomic mass is 35.5. The van der Waals surface area contributed by atoms with Gasteiger partial charge in [0, 0.05) is 33.9 Å². The van der Waals surface area contributed by atoms with Crippen molar-refractivity contribution < 1.29 is 9.47 Å². The van der Waals surface area contributed by atoms with Crippen LogP contribution in [0, 0.1) is 17.8 Å². The molecule has 0 amide bonds. The van der Waals surface area contributed by atoms with Crippen LogP contribution >= 0.6 is 11.6 Å². The molecule has 2 aromatic carbocycles. The number of piperidine rings is 1. The zero-order chi connectivity index (χ0) is 30.2. The summed E-state index contributed by atoms with van der Waals surface area (Å²) in [6, 6.07) is 10.7. The Labute approximate surface area is 268 Å². The molecule has 2 atom stereocenters. The number of anilines is 1. The van der Waals surface area contributed by atoms with Gasteiger partial charge in [0.05, 0.1) is 19.7 Å². The second-order valence-electron chi connectivity index (χ2n) is 13.8. The van der Waals surface area contributed by atoms with Gasteiger partial charge in [0.15, 0.2) is 11.5 Å². The summed E-state index contributed by atoms with van der Waals surface area (Å²) in [5, 5.41) is 5.94. The van der Waals surface area contributed by atoms with Crippen molar-refractivity contribution in [3.05, 3.63) is 69.4 Å². The van der Waals surface area contributed by atoms with Crippen LogP contribution < -0.4 is 14.8 Å². The molecule has 4 aliphatic rings. The summed E-state index contributed by atoms with van der Waals surface area (Å²) in [5.41, 5.74) is 9.67. The van der Waals surface area contributed by atoms with Crippen molar-refractivity contribution in [2.45, 2.75) is 77.0 Å². The fourth-order valence-electron chi connectivity index (χ4n) is 8.83. The molecule has 1 saturated heterocycles. The molecule has 1 aromatic heterocycles. The van der Waals surface area contributed by atoms with Crippen LogP contribution in [-0.4, -0.2) is 50.3 Å². The van der Waals surface area contributed by atoms with Crippen molar-refractivity contribution in [1.29, 1.82) is 0 Å². The third kappa shape index (κ3) is 6.07. The molecule has 1 aliphatic heterocycles. The van der Waals surface area contributed by atoms with Gasteiger partial charge < -0.3 is 19.7 Å². The Morgan fingerprint density at radius 2 is 1.70 bits per heavy atom. The lowest BCUT2D eigenvalue weighted by molar-refractivity contribution is 0.167. The number of fused-ring (bicyclic) bond motifs is 6. The van der Waals surface area contributed by atoms with Gasteiger partial charge in [-0.05, 0) is 149 Å². The summed E-state index contributed by atoms with van der Waals surface area (Å²) in [6.07, 6.45) is 14.7. The van der Waals surface area contributed by atoms with Crippen molar-refractivity contribution in [3.8, 4) is 11.5 Å². The number of pyridine rings is 1. The van der Waals surface area contributed by atoms with Crippen molar-refractivity contribution in [2.24, 2.45) is 17.8 Å². The van der Waals surface area contributed by atoms with Crippen molar-refractivity contribution in [3.63, 3.8) is 0 Å². The molecule has 0 radical (unpaired) electrons. The molecule has 2 bridgehead atoms. The first-order valence-electron chi connectivity index (χ1n) is 17.0. The normalized spacial score (nSPS) is 22.0. The summed E-state index contributed by atoms with van der Waals surface area (Å²) in [5.74, 6) is 4.53. The number of hydrogen-bond donors (Lipinski definition) is 1. The van der Waals surface area contributed by atoms with E-state index in [1.807, 2.05) is 12.1 Å². The molecule has 1 N–H and O–H groups in total. The van der Waals surface area contributed by atoms with Gasteiger partial charge in [-0.15, -0.1) is 0 Å². The van der Waals surface area contributed by atoms with Crippen LogP contribution in [0.4, 0.5) is 5.69 Å². The van der Waals surface area contributed by atoms with E-state index in [0.29, 0.717) is 11.8 Å². The van der Waals surface area contributed by atoms with E-state index >= 15 is 0 Å². The van der Waals surface area contributed by atoms with E-state index < -0.39 is 0 Å². The van der Waals surface area contributed by atoms with Gasteiger partial charge in [-0.2, -0.15) is 0 Å². The number of aromatic nitrogens is 1. The van der Waals surface area contributed by atoms with Crippen LogP contribution in [0.1, 0.15) is 80.2 Å². The average molecular weight is 614 g/mol. The Balaban J connectivity index is 0.931. The van der Waals surface area contributed by atoms with Gasteiger partial charge in [0.25, 0.3) is 0 Å². The summed E-state index contributed by atoms with van der Waals surface area (Å²) in [6.45, 7) is 6.92. The molecule has 2 heterocycles. The molecule has 3 aromatic rings. The molecule has 7 rings (SSSR count). The lowest BCUT2D eigenvalue weighted by Gasteiger charge is -2.37. The number of benzene rings is 2. The van der Waals surface area contributed by atoms with E-state index in [2.05, 4.69) is 41.4 Å². The Hall–Kier alpha value is -2.76. The zero-order valence-electron chi connectivity index (χ0n) is 26.8. The molecule has 1 fully saturated rings. The predicted octanol–water partition coefficient (Wildman–Crippen LogP) is 8.61. The number of hydrogen-bond acceptors (Lipinski definition) is 5. The standard InChI is InChI=1S/C38H48ClN3O2/c1-4-24-14-27-19-30(16-24)37-34(20-27)41-33-23-31(39)6-7-32(33)38(37)40-10-5-11-42-12-8-25(9-13-42)15-26-17-28-21-35(43-2)36(44-3)22-29(28)18-26/h6-7,14,21-23,25-27,30H,4-5,8-13,15-20H2,1-3H3,(H,40,41)/t27-,30+/m0/s1. The Kier molecular flexibility index (Phi) is 8.79. The summed E-state index contributed by atoms with van der Waals surface area (Å²) < 4.78 is 11.1. The first kappa shape index (κ1) is 29.9. The number of allylic oxidation sites excluding steroid dienone is 2. The number of methoxy groups -OCH3 is 2. The number of nitrogens with zero attached hydrogens (tertiary/aromatic N) is 2. The van der Waals surface area contributed by atoms with Gasteiger partial charge in [0.1, 0.15) is 0 Å². The Morgan fingerprint density at radius 3 is 2.41 bits per heavy atom. The molecular weight excluding hydrogens is 566 g/mol. The minimum atomic E-state index is 0.578. The van der Waals surface area contributed by atoms with Crippen LogP contribution in [-0.2, 0) is 19.3 Å². The maximum atomic E-state index is 6.42. The van der Waals surface area contributed by atoms with E-state index in [1.165, 1.54) is 98.0 Å². The second kappa shape index (κ2) is 12.9. The van der Waals surface area contributed by atoms with E-state index in [1.54, 1.807) is 19.8 Å². The minimum absolute atomic E-state index is 0.578. The molecule has 44 heavy (non-hydrogen) atoms. The molecule has 6 heteroatoms. The third-order valence-electron chi connectivity index (χ3n) is 11.0. The van der Waals surface area contributed by atoms with Gasteiger partial charge in [-0.1, -0.05) is 30.2 Å². The van der Waals surface area contributed by atoms with Gasteiger partial charge >= 0.3 is 0 Å². The first-order chi connectivity index (χ1) is 21.5. The second-order valence-corrected chi connectivity index (χ2v) is 14.3. The topological polar surface area (TPSA) is 46.6 Å². The molecule has 234 valence electrons. The van der Waals surface area contributed by atoms with Crippen LogP contribution in [0.15, 0.2) is 42.0 Å². The van der Waals surface area contributed by atoms with Crippen LogP contribution in [0.2, 0.25) is 5.02 Å². The summed E-state index contributed by atoms with van der Waals surface area (Å²) >= 11 is 6.42. The monoisotopic (exact) mass is 613 g/mol. The van der Waals surface area contributed by atoms with E-state index in [-0.39, 0.29) is 0 Å². The highest BCUT2D eigenvalue weighted by molar-refractivity contribution is 6.31. The van der Waals surface area contributed by atoms with Crippen molar-refractivity contribution in [2.75, 3.05) is 45.7 Å². The summed E-state index contributed by atoms with van der Waals surface area (Å²) in [4.78, 5) is 7.87. The van der Waals surface area contributed by atoms with Crippen LogP contribution in [0.25, 0.3) is 10.9 Å². The molecule has 5 nitrogen and oxygen atoms in total. The van der Waals surface area contributed by atoms with Crippen molar-refractivity contribution >= 4 is 28.2 Å². The fraction of sp³-hybridized carbons (Fsp3) is 0.553. The molecular formula is C38H48ClN3O2. The Bertz CT molecular complexity index is 1510. The SMILES string of the molecule is CCC1=C[C@@H]2Cc3nc4cc(Cl)ccc4c(NCCCN4CCC(CC5Cc6cc(OC)c(OC)cc6C5)CC4)c3[C@H](C1)C2. The third-order valence-corrected chi connectivity index (χ3v) is 11.2. The summed E-state index contributed by atoms with van der Waals surface area (Å²) in [7, 11) is 3.46. The molecule has 0 unspecified atom stereocenters. The zero-order valence-corrected chi connectivity index (χ0v) is 27.5. The smallest absolute Gasteiger partial charge is 0.161 e. The molecule has 0 spiro atoms. The first-order valence-corrected chi connectivity index (χ1v) is 17.4. The lowest BCUT2D eigenvalue weighted by atomic mass is 9.70. The average Bonchev–Trinajstić information content (AvgIpc) is 3.43. The number of likely N-dealkylation sites (tertiary alicyclic amines) is 1. The number of rotatable bonds is 10. The lowest BCUT2D eigenvalue weighted by Crippen LogP contribution is -2.35. The highest BCUT2D eigenvalue weighted by Gasteiger charge is 2.34. The van der Waals surface area contributed by atoms with Crippen LogP contribution in [0.5, 0.6) is 11.5 Å². The van der Waals surface area contributed by atoms with Crippen molar-refractivity contribution in [1.82, 2.24) is 9.88 Å². The van der Waals surface area contributed by atoms with Gasteiger partial charge in [-0.3, -0.25) is 4.98 Å². The van der Waals surface area contributed by atoms with E-state index in [9.17, 15) is 0 Å². The predicted molar refractivity (Wildman–Crippen MR) is 182 cm³/mol. The number of ether oxygens (including phenoxy) is 2. The minimum Gasteiger partial charge on any atom is -0.493 e. The van der Waals surface area contributed by atoms with E-state index in [4.69, 9.17) is 26.1 Å². The van der Waals surface area contributed by atoms with Gasteiger partial charge in [0.2, 0.25) is 0 Å². The Morgan fingerprint density at radius 1 is 0.955 bits per heavy atom. The number of nitrogens with one attached hydrogen (secondary N) is 1. The molecule has 3 aliphatic carbocycles. The maximum absolute atomic E-state index is 6.42. The number of halogens is 1. The fourth-order valence-corrected chi connectivity index (χ4v) is 9.00. The van der Waals surface area contributed by atoms with Crippen LogP contribution in [0.3, 0.4) is 0 Å².